The van der Waals surface area contributed by atoms with Gasteiger partial charge in [0.25, 0.3) is 0 Å². The number of rotatable bonds is 5. The number of carbonyl (C=O) groups is 2. The van der Waals surface area contributed by atoms with Gasteiger partial charge in [0.05, 0.1) is 12.5 Å². The van der Waals surface area contributed by atoms with Crippen LogP contribution in [0.25, 0.3) is 0 Å². The fourth-order valence-corrected chi connectivity index (χ4v) is 3.39. The highest BCUT2D eigenvalue weighted by Crippen LogP contribution is 2.39. The number of amides is 2. The minimum Gasteiger partial charge on any atom is -0.447 e. The second-order valence-corrected chi connectivity index (χ2v) is 6.88. The number of cyclic esters (lactones) is 1. The first-order valence-corrected chi connectivity index (χ1v) is 8.82. The number of nitrogens with zero attached hydrogens (tertiary/aromatic N) is 1. The Morgan fingerprint density at radius 3 is 2.40 bits per heavy atom. The summed E-state index contributed by atoms with van der Waals surface area (Å²) in [7, 11) is 0. The van der Waals surface area contributed by atoms with Crippen molar-refractivity contribution in [2.45, 2.75) is 37.6 Å². The van der Waals surface area contributed by atoms with E-state index in [4.69, 9.17) is 4.74 Å². The van der Waals surface area contributed by atoms with Gasteiger partial charge < -0.3 is 4.74 Å². The minimum atomic E-state index is -0.527. The molecule has 4 rings (SSSR count). The molecular weight excluding hydrogens is 314 g/mol. The van der Waals surface area contributed by atoms with Crippen LogP contribution in [0.1, 0.15) is 35.4 Å². The number of imide groups is 1. The predicted molar refractivity (Wildman–Crippen MR) is 94.2 cm³/mol. The molecule has 1 aliphatic carbocycles. The van der Waals surface area contributed by atoms with Gasteiger partial charge in [0.1, 0.15) is 6.61 Å². The topological polar surface area (TPSA) is 46.6 Å². The molecule has 0 spiro atoms. The standard InChI is InChI=1S/C21H21NO3/c23-20(13-16-6-8-17(9-7-16)18-10-11-18)22-19(14-25-21(22)24)12-15-4-2-1-3-5-15/h1-9,18-19H,10-14H2/t19-/m1/s1. The fraction of sp³-hybridized carbons (Fsp3) is 0.333. The van der Waals surface area contributed by atoms with Crippen molar-refractivity contribution in [1.29, 1.82) is 0 Å². The molecule has 0 radical (unpaired) electrons. The van der Waals surface area contributed by atoms with E-state index in [2.05, 4.69) is 12.1 Å². The van der Waals surface area contributed by atoms with Gasteiger partial charge in [-0.15, -0.1) is 0 Å². The lowest BCUT2D eigenvalue weighted by Crippen LogP contribution is -2.41. The summed E-state index contributed by atoms with van der Waals surface area (Å²) in [4.78, 5) is 26.0. The number of carbonyl (C=O) groups excluding carboxylic acids is 2. The van der Waals surface area contributed by atoms with Crippen molar-refractivity contribution in [3.05, 3.63) is 71.3 Å². The number of benzene rings is 2. The Balaban J connectivity index is 1.44. The van der Waals surface area contributed by atoms with Crippen molar-refractivity contribution in [3.63, 3.8) is 0 Å². The van der Waals surface area contributed by atoms with E-state index in [0.29, 0.717) is 12.3 Å². The molecular formula is C21H21NO3. The summed E-state index contributed by atoms with van der Waals surface area (Å²) in [6.07, 6.45) is 2.85. The molecule has 0 aromatic heterocycles. The second kappa shape index (κ2) is 6.71. The lowest BCUT2D eigenvalue weighted by molar-refractivity contribution is -0.128. The molecule has 0 unspecified atom stereocenters. The first-order chi connectivity index (χ1) is 12.2. The highest BCUT2D eigenvalue weighted by Gasteiger charge is 2.37. The van der Waals surface area contributed by atoms with Crippen LogP contribution in [-0.4, -0.2) is 29.5 Å². The van der Waals surface area contributed by atoms with E-state index in [0.717, 1.165) is 11.1 Å². The third-order valence-corrected chi connectivity index (χ3v) is 4.93. The summed E-state index contributed by atoms with van der Waals surface area (Å²) in [5.41, 5.74) is 3.38. The summed E-state index contributed by atoms with van der Waals surface area (Å²) in [5, 5.41) is 0. The van der Waals surface area contributed by atoms with Crippen molar-refractivity contribution in [1.82, 2.24) is 4.90 Å². The lowest BCUT2D eigenvalue weighted by atomic mass is 10.0. The molecule has 2 aromatic rings. The van der Waals surface area contributed by atoms with Gasteiger partial charge in [-0.25, -0.2) is 9.69 Å². The first kappa shape index (κ1) is 15.9. The number of hydrogen-bond acceptors (Lipinski definition) is 3. The van der Waals surface area contributed by atoms with Crippen LogP contribution in [0.15, 0.2) is 54.6 Å². The third kappa shape index (κ3) is 3.58. The van der Waals surface area contributed by atoms with Crippen LogP contribution in [0.4, 0.5) is 4.79 Å². The summed E-state index contributed by atoms with van der Waals surface area (Å²) in [5.74, 6) is 0.510. The molecule has 1 aliphatic heterocycles. The average molecular weight is 335 g/mol. The molecule has 0 N–H and O–H groups in total. The second-order valence-electron chi connectivity index (χ2n) is 6.88. The van der Waals surface area contributed by atoms with Gasteiger partial charge >= 0.3 is 6.09 Å². The van der Waals surface area contributed by atoms with Gasteiger partial charge in [0.2, 0.25) is 5.91 Å². The maximum atomic E-state index is 12.7. The summed E-state index contributed by atoms with van der Waals surface area (Å²) in [6.45, 7) is 0.264. The molecule has 1 heterocycles. The SMILES string of the molecule is O=C(Cc1ccc(C2CC2)cc1)N1C(=O)OC[C@H]1Cc1ccccc1. The monoisotopic (exact) mass is 335 g/mol. The zero-order valence-electron chi connectivity index (χ0n) is 14.1. The van der Waals surface area contributed by atoms with Gasteiger partial charge in [-0.05, 0) is 41.9 Å². The van der Waals surface area contributed by atoms with Crippen LogP contribution < -0.4 is 0 Å². The number of ether oxygens (including phenoxy) is 1. The van der Waals surface area contributed by atoms with Gasteiger partial charge in [-0.2, -0.15) is 0 Å². The molecule has 25 heavy (non-hydrogen) atoms. The van der Waals surface area contributed by atoms with E-state index in [1.807, 2.05) is 42.5 Å². The zero-order valence-corrected chi connectivity index (χ0v) is 14.1. The summed E-state index contributed by atoms with van der Waals surface area (Å²) >= 11 is 0. The molecule has 4 nitrogen and oxygen atoms in total. The maximum absolute atomic E-state index is 12.7. The molecule has 1 atom stereocenters. The molecule has 4 heteroatoms. The maximum Gasteiger partial charge on any atom is 0.416 e. The Labute approximate surface area is 147 Å². The van der Waals surface area contributed by atoms with Crippen molar-refractivity contribution < 1.29 is 14.3 Å². The van der Waals surface area contributed by atoms with E-state index >= 15 is 0 Å². The molecule has 2 fully saturated rings. The van der Waals surface area contributed by atoms with Gasteiger partial charge in [0, 0.05) is 0 Å². The molecule has 0 bridgehead atoms. The number of hydrogen-bond donors (Lipinski definition) is 0. The largest absolute Gasteiger partial charge is 0.447 e. The Kier molecular flexibility index (Phi) is 4.26. The Morgan fingerprint density at radius 2 is 1.72 bits per heavy atom. The van der Waals surface area contributed by atoms with E-state index in [9.17, 15) is 9.59 Å². The van der Waals surface area contributed by atoms with E-state index < -0.39 is 6.09 Å². The first-order valence-electron chi connectivity index (χ1n) is 8.82. The van der Waals surface area contributed by atoms with E-state index in [1.54, 1.807) is 0 Å². The van der Waals surface area contributed by atoms with Gasteiger partial charge in [-0.3, -0.25) is 4.79 Å². The lowest BCUT2D eigenvalue weighted by Gasteiger charge is -2.19. The Morgan fingerprint density at radius 1 is 1.00 bits per heavy atom. The molecule has 1 saturated carbocycles. The van der Waals surface area contributed by atoms with Crippen molar-refractivity contribution in [3.8, 4) is 0 Å². The predicted octanol–water partition coefficient (Wildman–Crippen LogP) is 3.70. The van der Waals surface area contributed by atoms with Gasteiger partial charge in [-0.1, -0.05) is 54.6 Å². The Bertz CT molecular complexity index is 765. The fourth-order valence-electron chi connectivity index (χ4n) is 3.39. The van der Waals surface area contributed by atoms with Crippen molar-refractivity contribution >= 4 is 12.0 Å². The average Bonchev–Trinajstić information content (AvgIpc) is 3.41. The van der Waals surface area contributed by atoms with Gasteiger partial charge in [0.15, 0.2) is 0 Å². The summed E-state index contributed by atoms with van der Waals surface area (Å²) < 4.78 is 5.13. The zero-order chi connectivity index (χ0) is 17.2. The molecule has 2 aliphatic rings. The van der Waals surface area contributed by atoms with Crippen molar-refractivity contribution in [2.24, 2.45) is 0 Å². The normalized spacial score (nSPS) is 19.8. The van der Waals surface area contributed by atoms with Crippen LogP contribution >= 0.6 is 0 Å². The summed E-state index contributed by atoms with van der Waals surface area (Å²) in [6, 6.07) is 17.8. The third-order valence-electron chi connectivity index (χ3n) is 4.93. The quantitative estimate of drug-likeness (QED) is 0.837. The van der Waals surface area contributed by atoms with Crippen LogP contribution in [0.3, 0.4) is 0 Å². The molecule has 2 aromatic carbocycles. The van der Waals surface area contributed by atoms with E-state index in [1.165, 1.54) is 23.3 Å². The Hall–Kier alpha value is -2.62. The minimum absolute atomic E-state index is 0.192. The van der Waals surface area contributed by atoms with E-state index in [-0.39, 0.29) is 25.0 Å². The highest BCUT2D eigenvalue weighted by molar-refractivity contribution is 5.94. The molecule has 1 saturated heterocycles. The highest BCUT2D eigenvalue weighted by atomic mass is 16.6. The van der Waals surface area contributed by atoms with Crippen molar-refractivity contribution in [2.75, 3.05) is 6.61 Å². The van der Waals surface area contributed by atoms with Crippen LogP contribution in [0.2, 0.25) is 0 Å². The smallest absolute Gasteiger partial charge is 0.416 e. The molecule has 2 amide bonds. The van der Waals surface area contributed by atoms with Crippen LogP contribution in [-0.2, 0) is 22.4 Å². The molecule has 128 valence electrons. The van der Waals surface area contributed by atoms with Crippen LogP contribution in [0.5, 0.6) is 0 Å². The van der Waals surface area contributed by atoms with Crippen LogP contribution in [0, 0.1) is 0 Å².